The van der Waals surface area contributed by atoms with Crippen LogP contribution in [-0.2, 0) is 4.79 Å². The van der Waals surface area contributed by atoms with Crippen molar-refractivity contribution in [2.45, 2.75) is 46.0 Å². The second-order valence-corrected chi connectivity index (χ2v) is 3.85. The Morgan fingerprint density at radius 1 is 1.55 bits per heavy atom. The molecule has 1 saturated carbocycles. The Kier molecular flexibility index (Phi) is 3.10. The van der Waals surface area contributed by atoms with E-state index in [-0.39, 0.29) is 0 Å². The number of ketones is 1. The van der Waals surface area contributed by atoms with E-state index >= 15 is 0 Å². The van der Waals surface area contributed by atoms with Crippen molar-refractivity contribution in [1.29, 1.82) is 0 Å². The predicted molar refractivity (Wildman–Crippen MR) is 46.4 cm³/mol. The van der Waals surface area contributed by atoms with Gasteiger partial charge in [-0.2, -0.15) is 0 Å². The van der Waals surface area contributed by atoms with E-state index in [1.807, 2.05) is 0 Å². The second kappa shape index (κ2) is 3.89. The van der Waals surface area contributed by atoms with Crippen LogP contribution in [0.1, 0.15) is 46.0 Å². The van der Waals surface area contributed by atoms with Gasteiger partial charge in [0.15, 0.2) is 0 Å². The largest absolute Gasteiger partial charge is 0.299 e. The minimum absolute atomic E-state index is 0.421. The SMILES string of the molecule is CCCCC1CC(C)CC1=O. The van der Waals surface area contributed by atoms with Crippen LogP contribution in [0.15, 0.2) is 0 Å². The summed E-state index contributed by atoms with van der Waals surface area (Å²) < 4.78 is 0. The van der Waals surface area contributed by atoms with Gasteiger partial charge in [0.1, 0.15) is 5.78 Å². The number of carbonyl (C=O) groups excluding carboxylic acids is 1. The summed E-state index contributed by atoms with van der Waals surface area (Å²) in [7, 11) is 0. The first-order valence-electron chi connectivity index (χ1n) is 4.76. The van der Waals surface area contributed by atoms with Crippen molar-refractivity contribution in [3.8, 4) is 0 Å². The molecule has 1 fully saturated rings. The van der Waals surface area contributed by atoms with Gasteiger partial charge < -0.3 is 0 Å². The topological polar surface area (TPSA) is 17.1 Å². The molecule has 0 aliphatic heterocycles. The molecular formula is C10H18O. The summed E-state index contributed by atoms with van der Waals surface area (Å²) in [4.78, 5) is 11.3. The first-order chi connectivity index (χ1) is 5.24. The zero-order valence-corrected chi connectivity index (χ0v) is 7.60. The lowest BCUT2D eigenvalue weighted by atomic mass is 9.99. The van der Waals surface area contributed by atoms with Crippen molar-refractivity contribution in [2.75, 3.05) is 0 Å². The van der Waals surface area contributed by atoms with Crippen molar-refractivity contribution in [1.82, 2.24) is 0 Å². The maximum absolute atomic E-state index is 11.3. The molecule has 1 rings (SSSR count). The van der Waals surface area contributed by atoms with E-state index in [4.69, 9.17) is 0 Å². The van der Waals surface area contributed by atoms with Gasteiger partial charge in [-0.15, -0.1) is 0 Å². The smallest absolute Gasteiger partial charge is 0.136 e. The molecule has 0 N–H and O–H groups in total. The molecule has 0 amide bonds. The average Bonchev–Trinajstić information content (AvgIpc) is 2.26. The van der Waals surface area contributed by atoms with Gasteiger partial charge in [0.2, 0.25) is 0 Å². The lowest BCUT2D eigenvalue weighted by molar-refractivity contribution is -0.120. The van der Waals surface area contributed by atoms with Crippen LogP contribution in [0.5, 0.6) is 0 Å². The maximum Gasteiger partial charge on any atom is 0.136 e. The molecule has 1 aliphatic rings. The monoisotopic (exact) mass is 154 g/mol. The predicted octanol–water partition coefficient (Wildman–Crippen LogP) is 2.79. The summed E-state index contributed by atoms with van der Waals surface area (Å²) in [6.45, 7) is 4.37. The lowest BCUT2D eigenvalue weighted by Crippen LogP contribution is -2.05. The summed E-state index contributed by atoms with van der Waals surface area (Å²) in [5.74, 6) is 1.60. The fourth-order valence-corrected chi connectivity index (χ4v) is 1.94. The molecule has 0 aromatic rings. The highest BCUT2D eigenvalue weighted by Crippen LogP contribution is 2.30. The van der Waals surface area contributed by atoms with E-state index in [0.717, 1.165) is 19.3 Å². The Morgan fingerprint density at radius 2 is 2.27 bits per heavy atom. The van der Waals surface area contributed by atoms with Crippen LogP contribution < -0.4 is 0 Å². The number of unbranched alkanes of at least 4 members (excludes halogenated alkanes) is 1. The third-order valence-corrected chi connectivity index (χ3v) is 2.60. The zero-order chi connectivity index (χ0) is 8.27. The minimum Gasteiger partial charge on any atom is -0.299 e. The Labute approximate surface area is 69.2 Å². The molecule has 0 radical (unpaired) electrons. The van der Waals surface area contributed by atoms with Crippen molar-refractivity contribution in [3.05, 3.63) is 0 Å². The fraction of sp³-hybridized carbons (Fsp3) is 0.900. The number of Topliss-reactive ketones (excluding diaryl/α,β-unsaturated/α-hetero) is 1. The quantitative estimate of drug-likeness (QED) is 0.611. The highest BCUT2D eigenvalue weighted by Gasteiger charge is 2.28. The molecule has 0 aromatic heterocycles. The summed E-state index contributed by atoms with van der Waals surface area (Å²) in [6, 6.07) is 0. The highest BCUT2D eigenvalue weighted by atomic mass is 16.1. The van der Waals surface area contributed by atoms with Gasteiger partial charge in [-0.3, -0.25) is 4.79 Å². The van der Waals surface area contributed by atoms with Crippen LogP contribution in [0.2, 0.25) is 0 Å². The van der Waals surface area contributed by atoms with Gasteiger partial charge in [0.05, 0.1) is 0 Å². The molecule has 0 bridgehead atoms. The molecule has 0 saturated heterocycles. The van der Waals surface area contributed by atoms with E-state index in [9.17, 15) is 4.79 Å². The molecule has 1 nitrogen and oxygen atoms in total. The van der Waals surface area contributed by atoms with Gasteiger partial charge in [-0.1, -0.05) is 26.7 Å². The summed E-state index contributed by atoms with van der Waals surface area (Å²) >= 11 is 0. The molecule has 0 spiro atoms. The normalized spacial score (nSPS) is 31.3. The third-order valence-electron chi connectivity index (χ3n) is 2.60. The van der Waals surface area contributed by atoms with Gasteiger partial charge >= 0.3 is 0 Å². The molecule has 2 unspecified atom stereocenters. The number of carbonyl (C=O) groups is 1. The lowest BCUT2D eigenvalue weighted by Gasteiger charge is -2.05. The van der Waals surface area contributed by atoms with Crippen molar-refractivity contribution in [3.63, 3.8) is 0 Å². The van der Waals surface area contributed by atoms with Crippen LogP contribution in [-0.4, -0.2) is 5.78 Å². The molecule has 1 aliphatic carbocycles. The molecular weight excluding hydrogens is 136 g/mol. The molecule has 0 heterocycles. The Balaban J connectivity index is 2.29. The average molecular weight is 154 g/mol. The van der Waals surface area contributed by atoms with Crippen LogP contribution in [0.4, 0.5) is 0 Å². The zero-order valence-electron chi connectivity index (χ0n) is 7.60. The fourth-order valence-electron chi connectivity index (χ4n) is 1.94. The summed E-state index contributed by atoms with van der Waals surface area (Å²) in [5.41, 5.74) is 0. The van der Waals surface area contributed by atoms with Gasteiger partial charge in [0, 0.05) is 12.3 Å². The standard InChI is InChI=1S/C10H18O/c1-3-4-5-9-6-8(2)7-10(9)11/h8-9H,3-7H2,1-2H3. The van der Waals surface area contributed by atoms with E-state index in [1.165, 1.54) is 12.8 Å². The first-order valence-corrected chi connectivity index (χ1v) is 4.76. The molecule has 64 valence electrons. The Morgan fingerprint density at radius 3 is 2.73 bits per heavy atom. The van der Waals surface area contributed by atoms with Gasteiger partial charge in [0.25, 0.3) is 0 Å². The second-order valence-electron chi connectivity index (χ2n) is 3.85. The molecule has 0 aromatic carbocycles. The van der Waals surface area contributed by atoms with Crippen LogP contribution in [0, 0.1) is 11.8 Å². The Bertz CT molecular complexity index is 140. The van der Waals surface area contributed by atoms with E-state index < -0.39 is 0 Å². The van der Waals surface area contributed by atoms with Crippen molar-refractivity contribution in [2.24, 2.45) is 11.8 Å². The van der Waals surface area contributed by atoms with Crippen molar-refractivity contribution >= 4 is 5.78 Å². The molecule has 1 heteroatoms. The van der Waals surface area contributed by atoms with E-state index in [1.54, 1.807) is 0 Å². The number of rotatable bonds is 3. The molecule has 2 atom stereocenters. The van der Waals surface area contributed by atoms with Gasteiger partial charge in [-0.25, -0.2) is 0 Å². The van der Waals surface area contributed by atoms with Crippen LogP contribution >= 0.6 is 0 Å². The number of hydrogen-bond donors (Lipinski definition) is 0. The number of hydrogen-bond acceptors (Lipinski definition) is 1. The Hall–Kier alpha value is -0.330. The van der Waals surface area contributed by atoms with E-state index in [2.05, 4.69) is 13.8 Å². The van der Waals surface area contributed by atoms with Crippen LogP contribution in [0.25, 0.3) is 0 Å². The summed E-state index contributed by atoms with van der Waals surface area (Å²) in [6.07, 6.45) is 5.58. The van der Waals surface area contributed by atoms with Crippen LogP contribution in [0.3, 0.4) is 0 Å². The minimum atomic E-state index is 0.421. The van der Waals surface area contributed by atoms with E-state index in [0.29, 0.717) is 17.6 Å². The first kappa shape index (κ1) is 8.76. The third kappa shape index (κ3) is 2.32. The maximum atomic E-state index is 11.3. The molecule has 11 heavy (non-hydrogen) atoms. The summed E-state index contributed by atoms with van der Waals surface area (Å²) in [5, 5.41) is 0. The van der Waals surface area contributed by atoms with Gasteiger partial charge in [-0.05, 0) is 18.8 Å². The highest BCUT2D eigenvalue weighted by molar-refractivity contribution is 5.83. The van der Waals surface area contributed by atoms with Crippen molar-refractivity contribution < 1.29 is 4.79 Å².